The summed E-state index contributed by atoms with van der Waals surface area (Å²) >= 11 is 5.74. The summed E-state index contributed by atoms with van der Waals surface area (Å²) in [5, 5.41) is 9.16. The Bertz CT molecular complexity index is 443. The number of aromatic nitrogens is 2. The van der Waals surface area contributed by atoms with Crippen LogP contribution in [0, 0.1) is 0 Å². The second-order valence-electron chi connectivity index (χ2n) is 4.44. The molecule has 0 atom stereocenters. The third-order valence-corrected chi connectivity index (χ3v) is 3.30. The molecule has 2 heterocycles. The number of rotatable bonds is 3. The van der Waals surface area contributed by atoms with Crippen LogP contribution in [0.4, 0.5) is 0 Å². The Morgan fingerprint density at radius 3 is 2.89 bits per heavy atom. The molecule has 0 aromatic carbocycles. The number of hydrogen-bond acceptors (Lipinski definition) is 5. The molecule has 19 heavy (non-hydrogen) atoms. The van der Waals surface area contributed by atoms with Crippen LogP contribution in [-0.2, 0) is 0 Å². The molecule has 0 saturated carbocycles. The molecule has 1 N–H and O–H groups in total. The Hall–Kier alpha value is -1.24. The zero-order valence-electron chi connectivity index (χ0n) is 10.6. The topological polar surface area (TPSA) is 69.6 Å². The number of carbonyl (C=O) groups is 1. The van der Waals surface area contributed by atoms with Gasteiger partial charge in [0.05, 0.1) is 19.0 Å². The van der Waals surface area contributed by atoms with E-state index in [2.05, 4.69) is 14.9 Å². The normalized spacial score (nSPS) is 17.3. The first-order valence-electron chi connectivity index (χ1n) is 6.31. The molecular weight excluding hydrogens is 268 g/mol. The third kappa shape index (κ3) is 3.86. The van der Waals surface area contributed by atoms with Crippen molar-refractivity contribution in [2.24, 2.45) is 0 Å². The summed E-state index contributed by atoms with van der Waals surface area (Å²) in [6, 6.07) is 0. The van der Waals surface area contributed by atoms with Gasteiger partial charge in [0.2, 0.25) is 0 Å². The lowest BCUT2D eigenvalue weighted by Crippen LogP contribution is -2.36. The molecule has 0 radical (unpaired) electrons. The Balaban J connectivity index is 2.00. The highest BCUT2D eigenvalue weighted by atomic mass is 35.5. The van der Waals surface area contributed by atoms with Crippen molar-refractivity contribution in [2.75, 3.05) is 39.3 Å². The van der Waals surface area contributed by atoms with Crippen LogP contribution >= 0.6 is 11.6 Å². The van der Waals surface area contributed by atoms with E-state index < -0.39 is 0 Å². The van der Waals surface area contributed by atoms with Crippen LogP contribution < -0.4 is 0 Å². The number of carbonyl (C=O) groups excluding carboxylic acids is 1. The molecular formula is C12H17ClN4O2. The van der Waals surface area contributed by atoms with Crippen LogP contribution in [-0.4, -0.2) is 70.1 Å². The van der Waals surface area contributed by atoms with Gasteiger partial charge in [-0.15, -0.1) is 0 Å². The molecule has 7 heteroatoms. The summed E-state index contributed by atoms with van der Waals surface area (Å²) in [4.78, 5) is 24.1. The molecule has 1 aromatic heterocycles. The first-order chi connectivity index (χ1) is 9.20. The molecule has 1 saturated heterocycles. The van der Waals surface area contributed by atoms with Gasteiger partial charge in [0.15, 0.2) is 0 Å². The van der Waals surface area contributed by atoms with E-state index in [1.165, 1.54) is 12.4 Å². The maximum Gasteiger partial charge on any atom is 0.274 e. The number of aliphatic hydroxyl groups is 1. The zero-order chi connectivity index (χ0) is 13.7. The van der Waals surface area contributed by atoms with Gasteiger partial charge >= 0.3 is 0 Å². The van der Waals surface area contributed by atoms with E-state index in [4.69, 9.17) is 16.7 Å². The fourth-order valence-electron chi connectivity index (χ4n) is 2.15. The lowest BCUT2D eigenvalue weighted by molar-refractivity contribution is 0.0754. The number of β-amino-alcohol motifs (C(OH)–C–C–N with tert-alkyl or cyclic N) is 1. The fraction of sp³-hybridized carbons (Fsp3) is 0.583. The van der Waals surface area contributed by atoms with Crippen molar-refractivity contribution < 1.29 is 9.90 Å². The molecule has 6 nitrogen and oxygen atoms in total. The summed E-state index contributed by atoms with van der Waals surface area (Å²) in [5.74, 6) is -0.138. The van der Waals surface area contributed by atoms with Gasteiger partial charge in [-0.2, -0.15) is 0 Å². The predicted octanol–water partition coefficient (Wildman–Crippen LogP) is 0.270. The molecule has 0 aliphatic carbocycles. The molecule has 1 aliphatic heterocycles. The molecule has 0 spiro atoms. The van der Waals surface area contributed by atoms with E-state index in [-0.39, 0.29) is 23.4 Å². The average molecular weight is 285 g/mol. The maximum atomic E-state index is 12.3. The minimum atomic E-state index is -0.138. The SMILES string of the molecule is O=C(c1cncc(Cl)n1)N1CCCN(CCO)CC1. The summed E-state index contributed by atoms with van der Waals surface area (Å²) in [5.41, 5.74) is 0.281. The van der Waals surface area contributed by atoms with Crippen molar-refractivity contribution in [3.8, 4) is 0 Å². The van der Waals surface area contributed by atoms with Crippen LogP contribution in [0.25, 0.3) is 0 Å². The van der Waals surface area contributed by atoms with Crippen molar-refractivity contribution in [3.05, 3.63) is 23.2 Å². The Morgan fingerprint density at radius 2 is 2.16 bits per heavy atom. The lowest BCUT2D eigenvalue weighted by Gasteiger charge is -2.21. The maximum absolute atomic E-state index is 12.3. The highest BCUT2D eigenvalue weighted by Crippen LogP contribution is 2.09. The molecule has 0 bridgehead atoms. The number of aliphatic hydroxyl groups excluding tert-OH is 1. The largest absolute Gasteiger partial charge is 0.395 e. The van der Waals surface area contributed by atoms with E-state index in [0.29, 0.717) is 19.6 Å². The van der Waals surface area contributed by atoms with E-state index in [1.54, 1.807) is 4.90 Å². The average Bonchev–Trinajstić information content (AvgIpc) is 2.64. The van der Waals surface area contributed by atoms with Gasteiger partial charge in [0, 0.05) is 26.2 Å². The summed E-state index contributed by atoms with van der Waals surface area (Å²) in [6.45, 7) is 3.78. The monoisotopic (exact) mass is 284 g/mol. The van der Waals surface area contributed by atoms with Gasteiger partial charge in [0.1, 0.15) is 10.8 Å². The van der Waals surface area contributed by atoms with Crippen LogP contribution in [0.1, 0.15) is 16.9 Å². The van der Waals surface area contributed by atoms with Crippen molar-refractivity contribution in [1.29, 1.82) is 0 Å². The Morgan fingerprint density at radius 1 is 1.32 bits per heavy atom. The minimum Gasteiger partial charge on any atom is -0.395 e. The van der Waals surface area contributed by atoms with Crippen LogP contribution in [0.3, 0.4) is 0 Å². The summed E-state index contributed by atoms with van der Waals surface area (Å²) in [7, 11) is 0. The van der Waals surface area contributed by atoms with Crippen molar-refractivity contribution in [2.45, 2.75) is 6.42 Å². The molecule has 2 rings (SSSR count). The fourth-order valence-corrected chi connectivity index (χ4v) is 2.29. The highest BCUT2D eigenvalue weighted by Gasteiger charge is 2.21. The molecule has 104 valence electrons. The van der Waals surface area contributed by atoms with Crippen LogP contribution in [0.15, 0.2) is 12.4 Å². The van der Waals surface area contributed by atoms with E-state index in [0.717, 1.165) is 19.5 Å². The summed E-state index contributed by atoms with van der Waals surface area (Å²) in [6.07, 6.45) is 3.73. The van der Waals surface area contributed by atoms with Crippen LogP contribution in [0.2, 0.25) is 5.15 Å². The first-order valence-corrected chi connectivity index (χ1v) is 6.68. The molecule has 1 fully saturated rings. The Kier molecular flexibility index (Phi) is 5.07. The lowest BCUT2D eigenvalue weighted by atomic mass is 10.3. The number of halogens is 1. The summed E-state index contributed by atoms with van der Waals surface area (Å²) < 4.78 is 0. The van der Waals surface area contributed by atoms with Crippen LogP contribution in [0.5, 0.6) is 0 Å². The second-order valence-corrected chi connectivity index (χ2v) is 4.83. The van der Waals surface area contributed by atoms with Gasteiger partial charge in [-0.25, -0.2) is 4.98 Å². The van der Waals surface area contributed by atoms with Crippen molar-refractivity contribution in [3.63, 3.8) is 0 Å². The van der Waals surface area contributed by atoms with Gasteiger partial charge < -0.3 is 10.0 Å². The minimum absolute atomic E-state index is 0.138. The van der Waals surface area contributed by atoms with Gasteiger partial charge in [-0.3, -0.25) is 14.7 Å². The smallest absolute Gasteiger partial charge is 0.274 e. The quantitative estimate of drug-likeness (QED) is 0.863. The van der Waals surface area contributed by atoms with Crippen molar-refractivity contribution in [1.82, 2.24) is 19.8 Å². The van der Waals surface area contributed by atoms with E-state index in [1.807, 2.05) is 0 Å². The number of amides is 1. The molecule has 0 unspecified atom stereocenters. The highest BCUT2D eigenvalue weighted by molar-refractivity contribution is 6.29. The standard InChI is InChI=1S/C12H17ClN4O2/c13-11-9-14-8-10(15-11)12(19)17-3-1-2-16(4-5-17)6-7-18/h8-9,18H,1-7H2. The molecule has 1 aliphatic rings. The van der Waals surface area contributed by atoms with Gasteiger partial charge in [-0.05, 0) is 13.0 Å². The van der Waals surface area contributed by atoms with Gasteiger partial charge in [0.25, 0.3) is 5.91 Å². The molecule has 1 amide bonds. The van der Waals surface area contributed by atoms with E-state index in [9.17, 15) is 4.79 Å². The number of hydrogen-bond donors (Lipinski definition) is 1. The van der Waals surface area contributed by atoms with E-state index >= 15 is 0 Å². The van der Waals surface area contributed by atoms with Gasteiger partial charge in [-0.1, -0.05) is 11.6 Å². The van der Waals surface area contributed by atoms with Crippen molar-refractivity contribution >= 4 is 17.5 Å². The second kappa shape index (κ2) is 6.79. The number of nitrogens with zero attached hydrogens (tertiary/aromatic N) is 4. The zero-order valence-corrected chi connectivity index (χ0v) is 11.4. The predicted molar refractivity (Wildman–Crippen MR) is 71.1 cm³/mol. The first kappa shape index (κ1) is 14.2. The Labute approximate surface area is 117 Å². The molecule has 1 aromatic rings. The third-order valence-electron chi connectivity index (χ3n) is 3.12.